The lowest BCUT2D eigenvalue weighted by atomic mass is 10.1. The quantitative estimate of drug-likeness (QED) is 0.841. The van der Waals surface area contributed by atoms with Crippen LogP contribution in [0.15, 0.2) is 34.9 Å². The number of nitrogens with two attached hydrogens (primary N) is 1. The van der Waals surface area contributed by atoms with Crippen molar-refractivity contribution in [3.05, 3.63) is 47.6 Å². The zero-order valence-corrected chi connectivity index (χ0v) is 13.6. The van der Waals surface area contributed by atoms with E-state index in [0.29, 0.717) is 24.7 Å². The van der Waals surface area contributed by atoms with Gasteiger partial charge in [0.05, 0.1) is 12.3 Å². The normalized spacial score (nSPS) is 19.3. The molecular formula is C15H20N4O3S. The first-order valence-electron chi connectivity index (χ1n) is 7.59. The molecule has 7 nitrogen and oxygen atoms in total. The van der Waals surface area contributed by atoms with E-state index in [1.165, 1.54) is 0 Å². The summed E-state index contributed by atoms with van der Waals surface area (Å²) in [6.07, 6.45) is 2.39. The predicted octanol–water partition coefficient (Wildman–Crippen LogP) is 0.913. The van der Waals surface area contributed by atoms with E-state index in [1.54, 1.807) is 0 Å². The summed E-state index contributed by atoms with van der Waals surface area (Å²) in [5.41, 5.74) is 1.12. The fraction of sp³-hybridized carbons (Fsp3) is 0.467. The number of rotatable bonds is 6. The van der Waals surface area contributed by atoms with Crippen LogP contribution in [-0.2, 0) is 23.0 Å². The minimum Gasteiger partial charge on any atom is -0.338 e. The summed E-state index contributed by atoms with van der Waals surface area (Å²) in [6, 6.07) is 9.85. The van der Waals surface area contributed by atoms with Crippen LogP contribution in [0.5, 0.6) is 0 Å². The molecule has 2 N–H and O–H groups in total. The lowest BCUT2D eigenvalue weighted by Gasteiger charge is -2.21. The van der Waals surface area contributed by atoms with E-state index in [0.717, 1.165) is 24.9 Å². The summed E-state index contributed by atoms with van der Waals surface area (Å²) < 4.78 is 27.9. The van der Waals surface area contributed by atoms with Gasteiger partial charge < -0.3 is 4.52 Å². The minimum absolute atomic E-state index is 0.0298. The third-order valence-electron chi connectivity index (χ3n) is 3.98. The van der Waals surface area contributed by atoms with Gasteiger partial charge in [-0.2, -0.15) is 4.98 Å². The predicted molar refractivity (Wildman–Crippen MR) is 85.0 cm³/mol. The molecular weight excluding hydrogens is 316 g/mol. The van der Waals surface area contributed by atoms with Crippen LogP contribution in [0.25, 0.3) is 0 Å². The number of hydrogen-bond acceptors (Lipinski definition) is 6. The van der Waals surface area contributed by atoms with Gasteiger partial charge >= 0.3 is 0 Å². The summed E-state index contributed by atoms with van der Waals surface area (Å²) in [5.74, 6) is 1.11. The maximum Gasteiger partial charge on any atom is 0.240 e. The van der Waals surface area contributed by atoms with E-state index in [1.807, 2.05) is 35.2 Å². The molecule has 1 aliphatic heterocycles. The summed E-state index contributed by atoms with van der Waals surface area (Å²) in [4.78, 5) is 6.45. The average Bonchev–Trinajstić information content (AvgIpc) is 3.09. The van der Waals surface area contributed by atoms with Gasteiger partial charge in [0.15, 0.2) is 5.82 Å². The number of benzene rings is 1. The highest BCUT2D eigenvalue weighted by Gasteiger charge is 2.29. The smallest absolute Gasteiger partial charge is 0.240 e. The van der Waals surface area contributed by atoms with Crippen molar-refractivity contribution in [1.82, 2.24) is 15.0 Å². The minimum atomic E-state index is -3.48. The summed E-state index contributed by atoms with van der Waals surface area (Å²) >= 11 is 0. The Morgan fingerprint density at radius 2 is 2.09 bits per heavy atom. The van der Waals surface area contributed by atoms with E-state index in [9.17, 15) is 8.42 Å². The third-order valence-corrected chi connectivity index (χ3v) is 4.83. The van der Waals surface area contributed by atoms with Crippen molar-refractivity contribution in [1.29, 1.82) is 0 Å². The fourth-order valence-corrected chi connectivity index (χ4v) is 3.85. The van der Waals surface area contributed by atoms with Crippen LogP contribution in [0.2, 0.25) is 0 Å². The van der Waals surface area contributed by atoms with E-state index >= 15 is 0 Å². The van der Waals surface area contributed by atoms with Crippen molar-refractivity contribution in [3.63, 3.8) is 0 Å². The van der Waals surface area contributed by atoms with Crippen LogP contribution < -0.4 is 5.14 Å². The van der Waals surface area contributed by atoms with E-state index in [-0.39, 0.29) is 11.8 Å². The Morgan fingerprint density at radius 3 is 2.83 bits per heavy atom. The van der Waals surface area contributed by atoms with Crippen LogP contribution in [-0.4, -0.2) is 41.8 Å². The van der Waals surface area contributed by atoms with Crippen molar-refractivity contribution in [2.75, 3.05) is 12.3 Å². The topological polar surface area (TPSA) is 102 Å². The molecule has 2 aromatic rings. The van der Waals surface area contributed by atoms with Crippen LogP contribution in [0.3, 0.4) is 0 Å². The van der Waals surface area contributed by atoms with Gasteiger partial charge in [-0.05, 0) is 24.9 Å². The summed E-state index contributed by atoms with van der Waals surface area (Å²) in [6.45, 7) is 1.28. The maximum absolute atomic E-state index is 11.3. The fourth-order valence-electron chi connectivity index (χ4n) is 2.94. The zero-order chi connectivity index (χ0) is 16.3. The molecule has 1 aromatic carbocycles. The van der Waals surface area contributed by atoms with Gasteiger partial charge in [0.2, 0.25) is 15.9 Å². The molecule has 0 amide bonds. The van der Waals surface area contributed by atoms with E-state index in [4.69, 9.17) is 9.66 Å². The number of hydrogen-bond donors (Lipinski definition) is 1. The monoisotopic (exact) mass is 336 g/mol. The molecule has 0 saturated carbocycles. The molecule has 1 atom stereocenters. The third kappa shape index (κ3) is 4.60. The molecule has 1 aromatic heterocycles. The number of likely N-dealkylation sites (tertiary alicyclic amines) is 1. The van der Waals surface area contributed by atoms with Crippen LogP contribution >= 0.6 is 0 Å². The first-order valence-corrected chi connectivity index (χ1v) is 9.31. The second-order valence-electron chi connectivity index (χ2n) is 5.86. The summed E-state index contributed by atoms with van der Waals surface area (Å²) in [5, 5.41) is 9.15. The molecule has 2 heterocycles. The number of primary sulfonamides is 1. The zero-order valence-electron chi connectivity index (χ0n) is 12.8. The van der Waals surface area contributed by atoms with Crippen molar-refractivity contribution in [3.8, 4) is 0 Å². The molecule has 1 fully saturated rings. The van der Waals surface area contributed by atoms with E-state index < -0.39 is 10.0 Å². The average molecular weight is 336 g/mol. The molecule has 0 bridgehead atoms. The molecule has 1 aliphatic rings. The molecule has 0 aliphatic carbocycles. The molecule has 0 spiro atoms. The van der Waals surface area contributed by atoms with Gasteiger partial charge in [-0.25, -0.2) is 13.6 Å². The lowest BCUT2D eigenvalue weighted by molar-refractivity contribution is 0.222. The van der Waals surface area contributed by atoms with Gasteiger partial charge in [0, 0.05) is 12.5 Å². The van der Waals surface area contributed by atoms with Gasteiger partial charge in [-0.3, -0.25) is 4.90 Å². The van der Waals surface area contributed by atoms with Crippen molar-refractivity contribution < 1.29 is 12.9 Å². The highest BCUT2D eigenvalue weighted by Crippen LogP contribution is 2.20. The Kier molecular flexibility index (Phi) is 4.74. The number of sulfonamides is 1. The molecule has 0 radical (unpaired) electrons. The van der Waals surface area contributed by atoms with Crippen LogP contribution in [0, 0.1) is 0 Å². The Labute approximate surface area is 135 Å². The van der Waals surface area contributed by atoms with Crippen molar-refractivity contribution >= 4 is 10.0 Å². The number of nitrogens with zero attached hydrogens (tertiary/aromatic N) is 3. The molecule has 3 rings (SSSR count). The van der Waals surface area contributed by atoms with Crippen molar-refractivity contribution in [2.24, 2.45) is 5.14 Å². The van der Waals surface area contributed by atoms with Gasteiger partial charge in [0.25, 0.3) is 0 Å². The first-order chi connectivity index (χ1) is 11.0. The van der Waals surface area contributed by atoms with Gasteiger partial charge in [-0.1, -0.05) is 35.5 Å². The van der Waals surface area contributed by atoms with Crippen LogP contribution in [0.4, 0.5) is 0 Å². The Hall–Kier alpha value is -1.77. The SMILES string of the molecule is NS(=O)(=O)CC1CCCN1Cc1nc(Cc2ccccc2)no1. The molecule has 1 saturated heterocycles. The molecule has 23 heavy (non-hydrogen) atoms. The van der Waals surface area contributed by atoms with Gasteiger partial charge in [0.1, 0.15) is 0 Å². The molecule has 1 unspecified atom stereocenters. The Balaban J connectivity index is 1.62. The van der Waals surface area contributed by atoms with E-state index in [2.05, 4.69) is 10.1 Å². The molecule has 8 heteroatoms. The maximum atomic E-state index is 11.3. The summed E-state index contributed by atoms with van der Waals surface area (Å²) in [7, 11) is -3.48. The Bertz CT molecular complexity index is 745. The number of aromatic nitrogens is 2. The second-order valence-corrected chi connectivity index (χ2v) is 7.52. The van der Waals surface area contributed by atoms with Crippen LogP contribution in [0.1, 0.15) is 30.1 Å². The standard InChI is InChI=1S/C15H20N4O3S/c16-23(20,21)11-13-7-4-8-19(13)10-15-17-14(18-22-15)9-12-5-2-1-3-6-12/h1-3,5-6,13H,4,7-11H2,(H2,16,20,21). The highest BCUT2D eigenvalue weighted by molar-refractivity contribution is 7.89. The second kappa shape index (κ2) is 6.77. The Morgan fingerprint density at radius 1 is 1.30 bits per heavy atom. The highest BCUT2D eigenvalue weighted by atomic mass is 32.2. The first kappa shape index (κ1) is 16.1. The largest absolute Gasteiger partial charge is 0.338 e. The van der Waals surface area contributed by atoms with Gasteiger partial charge in [-0.15, -0.1) is 0 Å². The van der Waals surface area contributed by atoms with Crippen molar-refractivity contribution in [2.45, 2.75) is 31.8 Å². The lowest BCUT2D eigenvalue weighted by Crippen LogP contribution is -2.37. The molecule has 124 valence electrons.